The number of nitrogen functional groups attached to an aromatic ring is 1. The van der Waals surface area contributed by atoms with E-state index < -0.39 is 0 Å². The fraction of sp³-hybridized carbons (Fsp3) is 0.467. The molecule has 1 aromatic carbocycles. The van der Waals surface area contributed by atoms with Gasteiger partial charge in [0.2, 0.25) is 11.8 Å². The lowest BCUT2D eigenvalue weighted by atomic mass is 10.0. The van der Waals surface area contributed by atoms with Crippen LogP contribution in [0.25, 0.3) is 0 Å². The molecule has 1 aliphatic heterocycles. The van der Waals surface area contributed by atoms with E-state index in [9.17, 15) is 9.59 Å². The van der Waals surface area contributed by atoms with Gasteiger partial charge >= 0.3 is 0 Å². The SMILES string of the molecule is CCCCNC(=O)CN1C(=O)CCc2cc(N)ccc21. The van der Waals surface area contributed by atoms with Gasteiger partial charge in [-0.1, -0.05) is 13.3 Å². The molecule has 1 aliphatic rings. The average Bonchev–Trinajstić information content (AvgIpc) is 2.42. The van der Waals surface area contributed by atoms with Crippen LogP contribution in [0.3, 0.4) is 0 Å². The molecule has 0 atom stereocenters. The number of hydrogen-bond donors (Lipinski definition) is 2. The number of carbonyl (C=O) groups excluding carboxylic acids is 2. The van der Waals surface area contributed by atoms with Crippen LogP contribution >= 0.6 is 0 Å². The van der Waals surface area contributed by atoms with Crippen LogP contribution in [0.5, 0.6) is 0 Å². The van der Waals surface area contributed by atoms with Gasteiger partial charge in [-0.05, 0) is 36.6 Å². The smallest absolute Gasteiger partial charge is 0.240 e. The van der Waals surface area contributed by atoms with Gasteiger partial charge in [-0.25, -0.2) is 0 Å². The minimum Gasteiger partial charge on any atom is -0.399 e. The number of fused-ring (bicyclic) bond motifs is 1. The number of carbonyl (C=O) groups is 2. The minimum absolute atomic E-state index is 0.00656. The zero-order valence-corrected chi connectivity index (χ0v) is 11.8. The largest absolute Gasteiger partial charge is 0.399 e. The van der Waals surface area contributed by atoms with Gasteiger partial charge in [-0.2, -0.15) is 0 Å². The molecule has 0 radical (unpaired) electrons. The summed E-state index contributed by atoms with van der Waals surface area (Å²) in [6.45, 7) is 2.81. The molecule has 0 bridgehead atoms. The lowest BCUT2D eigenvalue weighted by molar-refractivity contribution is -0.124. The van der Waals surface area contributed by atoms with E-state index >= 15 is 0 Å². The summed E-state index contributed by atoms with van der Waals surface area (Å²) in [5, 5.41) is 2.84. The van der Waals surface area contributed by atoms with E-state index in [-0.39, 0.29) is 18.4 Å². The van der Waals surface area contributed by atoms with Gasteiger partial charge in [0.25, 0.3) is 0 Å². The average molecular weight is 275 g/mol. The number of nitrogens with two attached hydrogens (primary N) is 1. The van der Waals surface area contributed by atoms with Gasteiger partial charge in [-0.15, -0.1) is 0 Å². The third kappa shape index (κ3) is 3.29. The van der Waals surface area contributed by atoms with Crippen molar-refractivity contribution in [2.45, 2.75) is 32.6 Å². The van der Waals surface area contributed by atoms with Crippen molar-refractivity contribution in [3.8, 4) is 0 Å². The molecular formula is C15H21N3O2. The highest BCUT2D eigenvalue weighted by Crippen LogP contribution is 2.29. The van der Waals surface area contributed by atoms with Crippen molar-refractivity contribution in [1.82, 2.24) is 5.32 Å². The molecule has 2 rings (SSSR count). The normalized spacial score (nSPS) is 14.1. The number of nitrogens with zero attached hydrogens (tertiary/aromatic N) is 1. The van der Waals surface area contributed by atoms with Crippen LogP contribution in [0.1, 0.15) is 31.7 Å². The Balaban J connectivity index is 2.07. The van der Waals surface area contributed by atoms with E-state index in [4.69, 9.17) is 5.73 Å². The molecule has 3 N–H and O–H groups in total. The number of hydrogen-bond acceptors (Lipinski definition) is 3. The number of unbranched alkanes of at least 4 members (excludes halogenated alkanes) is 1. The highest BCUT2D eigenvalue weighted by Gasteiger charge is 2.25. The lowest BCUT2D eigenvalue weighted by Gasteiger charge is -2.29. The van der Waals surface area contributed by atoms with Crippen molar-refractivity contribution >= 4 is 23.2 Å². The van der Waals surface area contributed by atoms with E-state index in [1.807, 2.05) is 12.1 Å². The minimum atomic E-state index is -0.114. The molecule has 0 aliphatic carbocycles. The fourth-order valence-electron chi connectivity index (χ4n) is 2.36. The predicted molar refractivity (Wildman–Crippen MR) is 79.4 cm³/mol. The first kappa shape index (κ1) is 14.4. The molecule has 0 saturated heterocycles. The second-order valence-corrected chi connectivity index (χ2v) is 5.07. The maximum absolute atomic E-state index is 12.0. The molecule has 0 aromatic heterocycles. The second kappa shape index (κ2) is 6.41. The highest BCUT2D eigenvalue weighted by atomic mass is 16.2. The summed E-state index contributed by atoms with van der Waals surface area (Å²) in [6.07, 6.45) is 3.10. The number of aryl methyl sites for hydroxylation is 1. The summed E-state index contributed by atoms with van der Waals surface area (Å²) in [4.78, 5) is 25.5. The standard InChI is InChI=1S/C15H21N3O2/c1-2-3-8-17-14(19)10-18-13-6-5-12(16)9-11(13)4-7-15(18)20/h5-6,9H,2-4,7-8,10,16H2,1H3,(H,17,19). The first-order valence-electron chi connectivity index (χ1n) is 7.07. The Morgan fingerprint density at radius 1 is 1.40 bits per heavy atom. The van der Waals surface area contributed by atoms with Crippen molar-refractivity contribution in [1.29, 1.82) is 0 Å². The molecule has 0 spiro atoms. The maximum atomic E-state index is 12.0. The van der Waals surface area contributed by atoms with Crippen LogP contribution in [0.15, 0.2) is 18.2 Å². The molecule has 0 saturated carbocycles. The molecule has 5 heteroatoms. The quantitative estimate of drug-likeness (QED) is 0.631. The van der Waals surface area contributed by atoms with Crippen molar-refractivity contribution in [3.05, 3.63) is 23.8 Å². The van der Waals surface area contributed by atoms with Gasteiger partial charge in [-0.3, -0.25) is 9.59 Å². The van der Waals surface area contributed by atoms with E-state index in [0.29, 0.717) is 25.1 Å². The Morgan fingerprint density at radius 2 is 2.20 bits per heavy atom. The first-order chi connectivity index (χ1) is 9.61. The number of rotatable bonds is 5. The lowest BCUT2D eigenvalue weighted by Crippen LogP contribution is -2.43. The van der Waals surface area contributed by atoms with Crippen molar-refractivity contribution in [2.24, 2.45) is 0 Å². The summed E-state index contributed by atoms with van der Waals surface area (Å²) < 4.78 is 0. The van der Waals surface area contributed by atoms with Crippen molar-refractivity contribution < 1.29 is 9.59 Å². The topological polar surface area (TPSA) is 75.4 Å². The van der Waals surface area contributed by atoms with E-state index in [2.05, 4.69) is 12.2 Å². The first-order valence-corrected chi connectivity index (χ1v) is 7.07. The third-order valence-corrected chi connectivity index (χ3v) is 3.46. The Bertz CT molecular complexity index is 514. The molecule has 20 heavy (non-hydrogen) atoms. The summed E-state index contributed by atoms with van der Waals surface area (Å²) in [5.41, 5.74) is 8.29. The Labute approximate surface area is 119 Å². The molecule has 2 amide bonds. The number of amides is 2. The molecule has 1 heterocycles. The third-order valence-electron chi connectivity index (χ3n) is 3.46. The summed E-state index contributed by atoms with van der Waals surface area (Å²) in [5.74, 6) is -0.121. The van der Waals surface area contributed by atoms with Crippen LogP contribution in [0.2, 0.25) is 0 Å². The summed E-state index contributed by atoms with van der Waals surface area (Å²) >= 11 is 0. The van der Waals surface area contributed by atoms with Gasteiger partial charge in [0.15, 0.2) is 0 Å². The fourth-order valence-corrected chi connectivity index (χ4v) is 2.36. The van der Waals surface area contributed by atoms with E-state index in [1.165, 1.54) is 0 Å². The summed E-state index contributed by atoms with van der Waals surface area (Å²) in [6, 6.07) is 5.46. The summed E-state index contributed by atoms with van der Waals surface area (Å²) in [7, 11) is 0. The molecule has 108 valence electrons. The van der Waals surface area contributed by atoms with E-state index in [1.54, 1.807) is 11.0 Å². The van der Waals surface area contributed by atoms with Crippen LogP contribution in [0, 0.1) is 0 Å². The number of anilines is 2. The maximum Gasteiger partial charge on any atom is 0.240 e. The Hall–Kier alpha value is -2.04. The Kier molecular flexibility index (Phi) is 4.61. The molecule has 1 aromatic rings. The van der Waals surface area contributed by atoms with E-state index in [0.717, 1.165) is 24.1 Å². The van der Waals surface area contributed by atoms with Crippen LogP contribution in [0.4, 0.5) is 11.4 Å². The molecule has 5 nitrogen and oxygen atoms in total. The van der Waals surface area contributed by atoms with Crippen LogP contribution < -0.4 is 16.0 Å². The van der Waals surface area contributed by atoms with Crippen molar-refractivity contribution in [2.75, 3.05) is 23.7 Å². The monoisotopic (exact) mass is 275 g/mol. The molecular weight excluding hydrogens is 254 g/mol. The second-order valence-electron chi connectivity index (χ2n) is 5.07. The zero-order valence-electron chi connectivity index (χ0n) is 11.8. The van der Waals surface area contributed by atoms with Gasteiger partial charge in [0, 0.05) is 24.3 Å². The van der Waals surface area contributed by atoms with Gasteiger partial charge in [0.05, 0.1) is 0 Å². The van der Waals surface area contributed by atoms with Crippen LogP contribution in [-0.4, -0.2) is 24.9 Å². The molecule has 0 unspecified atom stereocenters. The Morgan fingerprint density at radius 3 is 2.95 bits per heavy atom. The van der Waals surface area contributed by atoms with Crippen LogP contribution in [-0.2, 0) is 16.0 Å². The van der Waals surface area contributed by atoms with Gasteiger partial charge in [0.1, 0.15) is 6.54 Å². The highest BCUT2D eigenvalue weighted by molar-refractivity contribution is 6.01. The van der Waals surface area contributed by atoms with Crippen molar-refractivity contribution in [3.63, 3.8) is 0 Å². The molecule has 0 fully saturated rings. The zero-order chi connectivity index (χ0) is 14.5. The number of benzene rings is 1. The van der Waals surface area contributed by atoms with Gasteiger partial charge < -0.3 is 16.0 Å². The number of nitrogens with one attached hydrogen (secondary N) is 1. The predicted octanol–water partition coefficient (Wildman–Crippen LogP) is 1.46.